The Bertz CT molecular complexity index is 98.6. The Morgan fingerprint density at radius 1 is 1.88 bits per heavy atom. The molecule has 1 aliphatic rings. The van der Waals surface area contributed by atoms with Crippen LogP contribution in [0.15, 0.2) is 12.7 Å². The maximum absolute atomic E-state index is 5.65. The van der Waals surface area contributed by atoms with E-state index in [9.17, 15) is 0 Å². The standard InChI is InChI=1S/C7H13N/c1-3-7(8)6-4-5(6)2/h3,5-7H,1,4,8H2,2H3. The van der Waals surface area contributed by atoms with Crippen molar-refractivity contribution in [2.24, 2.45) is 17.6 Å². The Morgan fingerprint density at radius 2 is 2.38 bits per heavy atom. The van der Waals surface area contributed by atoms with Crippen molar-refractivity contribution in [1.29, 1.82) is 0 Å². The van der Waals surface area contributed by atoms with Crippen LogP contribution in [0.3, 0.4) is 0 Å². The maximum atomic E-state index is 5.65. The molecule has 0 spiro atoms. The number of rotatable bonds is 2. The van der Waals surface area contributed by atoms with Crippen LogP contribution < -0.4 is 5.73 Å². The zero-order chi connectivity index (χ0) is 6.15. The Labute approximate surface area is 50.6 Å². The zero-order valence-corrected chi connectivity index (χ0v) is 5.30. The minimum Gasteiger partial charge on any atom is -0.324 e. The molecule has 0 heterocycles. The first kappa shape index (κ1) is 5.83. The fourth-order valence-electron chi connectivity index (χ4n) is 1.06. The summed E-state index contributed by atoms with van der Waals surface area (Å²) in [4.78, 5) is 0. The molecule has 1 heteroatoms. The van der Waals surface area contributed by atoms with Crippen molar-refractivity contribution >= 4 is 0 Å². The molecule has 1 nitrogen and oxygen atoms in total. The Kier molecular flexibility index (Phi) is 1.39. The van der Waals surface area contributed by atoms with Gasteiger partial charge in [0.25, 0.3) is 0 Å². The predicted molar refractivity (Wildman–Crippen MR) is 35.4 cm³/mol. The van der Waals surface area contributed by atoms with E-state index in [0.29, 0.717) is 0 Å². The van der Waals surface area contributed by atoms with Gasteiger partial charge in [-0.15, -0.1) is 6.58 Å². The monoisotopic (exact) mass is 111 g/mol. The summed E-state index contributed by atoms with van der Waals surface area (Å²) in [5.41, 5.74) is 5.65. The van der Waals surface area contributed by atoms with Gasteiger partial charge >= 0.3 is 0 Å². The Hall–Kier alpha value is -0.300. The highest BCUT2D eigenvalue weighted by Gasteiger charge is 2.35. The zero-order valence-electron chi connectivity index (χ0n) is 5.30. The second kappa shape index (κ2) is 1.90. The van der Waals surface area contributed by atoms with Crippen LogP contribution in [0.1, 0.15) is 13.3 Å². The lowest BCUT2D eigenvalue weighted by molar-refractivity contribution is 0.659. The molecule has 0 aliphatic heterocycles. The molecule has 0 radical (unpaired) electrons. The van der Waals surface area contributed by atoms with E-state index < -0.39 is 0 Å². The highest BCUT2D eigenvalue weighted by atomic mass is 14.7. The van der Waals surface area contributed by atoms with Crippen LogP contribution in [0.4, 0.5) is 0 Å². The lowest BCUT2D eigenvalue weighted by Gasteiger charge is -2.00. The summed E-state index contributed by atoms with van der Waals surface area (Å²) in [6.45, 7) is 5.86. The van der Waals surface area contributed by atoms with Gasteiger partial charge in [0.05, 0.1) is 0 Å². The van der Waals surface area contributed by atoms with Gasteiger partial charge in [-0.1, -0.05) is 13.0 Å². The topological polar surface area (TPSA) is 26.0 Å². The summed E-state index contributed by atoms with van der Waals surface area (Å²) in [5, 5.41) is 0. The summed E-state index contributed by atoms with van der Waals surface area (Å²) in [6, 6.07) is 0.255. The molecule has 0 amide bonds. The molecule has 0 bridgehead atoms. The molecule has 2 N–H and O–H groups in total. The molecule has 8 heavy (non-hydrogen) atoms. The maximum Gasteiger partial charge on any atom is 0.0252 e. The lowest BCUT2D eigenvalue weighted by atomic mass is 10.2. The number of hydrogen-bond donors (Lipinski definition) is 1. The van der Waals surface area contributed by atoms with Crippen LogP contribution in [0, 0.1) is 11.8 Å². The van der Waals surface area contributed by atoms with E-state index in [-0.39, 0.29) is 6.04 Å². The SMILES string of the molecule is C=CC(N)C1CC1C. The van der Waals surface area contributed by atoms with E-state index in [1.165, 1.54) is 6.42 Å². The lowest BCUT2D eigenvalue weighted by Crippen LogP contribution is -2.19. The second-order valence-corrected chi connectivity index (χ2v) is 2.69. The van der Waals surface area contributed by atoms with Crippen molar-refractivity contribution in [3.8, 4) is 0 Å². The summed E-state index contributed by atoms with van der Waals surface area (Å²) in [7, 11) is 0. The van der Waals surface area contributed by atoms with Gasteiger partial charge in [-0.25, -0.2) is 0 Å². The van der Waals surface area contributed by atoms with Gasteiger partial charge in [0.2, 0.25) is 0 Å². The van der Waals surface area contributed by atoms with Crippen molar-refractivity contribution in [1.82, 2.24) is 0 Å². The van der Waals surface area contributed by atoms with Crippen LogP contribution in [0.2, 0.25) is 0 Å². The number of nitrogens with two attached hydrogens (primary N) is 1. The van der Waals surface area contributed by atoms with E-state index in [4.69, 9.17) is 5.73 Å². The predicted octanol–water partition coefficient (Wildman–Crippen LogP) is 1.16. The molecular formula is C7H13N. The highest BCUT2D eigenvalue weighted by Crippen LogP contribution is 2.39. The fourth-order valence-corrected chi connectivity index (χ4v) is 1.06. The van der Waals surface area contributed by atoms with Gasteiger partial charge in [-0.3, -0.25) is 0 Å². The molecule has 0 saturated heterocycles. The first-order valence-corrected chi connectivity index (χ1v) is 3.14. The average molecular weight is 111 g/mol. The third-order valence-electron chi connectivity index (χ3n) is 1.94. The molecule has 3 unspecified atom stereocenters. The molecule has 46 valence electrons. The van der Waals surface area contributed by atoms with Crippen LogP contribution in [0.25, 0.3) is 0 Å². The van der Waals surface area contributed by atoms with Gasteiger partial charge < -0.3 is 5.73 Å². The summed E-state index contributed by atoms with van der Waals surface area (Å²) in [6.07, 6.45) is 3.14. The normalized spacial score (nSPS) is 38.8. The third-order valence-corrected chi connectivity index (χ3v) is 1.94. The van der Waals surface area contributed by atoms with E-state index in [1.807, 2.05) is 6.08 Å². The molecule has 1 rings (SSSR count). The first-order chi connectivity index (χ1) is 3.75. The van der Waals surface area contributed by atoms with Gasteiger partial charge in [0.1, 0.15) is 0 Å². The Morgan fingerprint density at radius 3 is 2.50 bits per heavy atom. The molecule has 1 saturated carbocycles. The molecule has 0 aromatic rings. The largest absolute Gasteiger partial charge is 0.324 e. The van der Waals surface area contributed by atoms with Crippen molar-refractivity contribution in [2.45, 2.75) is 19.4 Å². The smallest absolute Gasteiger partial charge is 0.0252 e. The van der Waals surface area contributed by atoms with Crippen molar-refractivity contribution in [3.63, 3.8) is 0 Å². The third kappa shape index (κ3) is 0.920. The molecule has 0 aromatic heterocycles. The molecule has 0 aromatic carbocycles. The molecule has 1 fully saturated rings. The minimum atomic E-state index is 0.255. The van der Waals surface area contributed by atoms with Gasteiger partial charge in [0.15, 0.2) is 0 Å². The summed E-state index contributed by atoms with van der Waals surface area (Å²) in [5.74, 6) is 1.59. The molecule has 3 atom stereocenters. The van der Waals surface area contributed by atoms with Gasteiger partial charge in [-0.05, 0) is 18.3 Å². The van der Waals surface area contributed by atoms with Crippen LogP contribution in [0.5, 0.6) is 0 Å². The highest BCUT2D eigenvalue weighted by molar-refractivity contribution is 4.98. The quantitative estimate of drug-likeness (QED) is 0.531. The molecular weight excluding hydrogens is 98.1 g/mol. The minimum absolute atomic E-state index is 0.255. The fraction of sp³-hybridized carbons (Fsp3) is 0.714. The summed E-state index contributed by atoms with van der Waals surface area (Å²) < 4.78 is 0. The van der Waals surface area contributed by atoms with E-state index >= 15 is 0 Å². The van der Waals surface area contributed by atoms with Crippen molar-refractivity contribution < 1.29 is 0 Å². The van der Waals surface area contributed by atoms with E-state index in [1.54, 1.807) is 0 Å². The van der Waals surface area contributed by atoms with Crippen molar-refractivity contribution in [2.75, 3.05) is 0 Å². The van der Waals surface area contributed by atoms with E-state index in [0.717, 1.165) is 11.8 Å². The van der Waals surface area contributed by atoms with Crippen molar-refractivity contribution in [3.05, 3.63) is 12.7 Å². The van der Waals surface area contributed by atoms with Crippen LogP contribution in [-0.4, -0.2) is 6.04 Å². The van der Waals surface area contributed by atoms with E-state index in [2.05, 4.69) is 13.5 Å². The van der Waals surface area contributed by atoms with Crippen LogP contribution >= 0.6 is 0 Å². The Balaban J connectivity index is 2.27. The summed E-state index contributed by atoms with van der Waals surface area (Å²) >= 11 is 0. The van der Waals surface area contributed by atoms with Gasteiger partial charge in [0, 0.05) is 6.04 Å². The first-order valence-electron chi connectivity index (χ1n) is 3.14. The van der Waals surface area contributed by atoms with Gasteiger partial charge in [-0.2, -0.15) is 0 Å². The van der Waals surface area contributed by atoms with Crippen LogP contribution in [-0.2, 0) is 0 Å². The molecule has 1 aliphatic carbocycles. The average Bonchev–Trinajstić information content (AvgIpc) is 2.45. The second-order valence-electron chi connectivity index (χ2n) is 2.69. The number of hydrogen-bond acceptors (Lipinski definition) is 1.